The van der Waals surface area contributed by atoms with Crippen LogP contribution in [-0.2, 0) is 18.9 Å². The lowest BCUT2D eigenvalue weighted by Gasteiger charge is -2.25. The maximum absolute atomic E-state index is 10.9. The zero-order valence-corrected chi connectivity index (χ0v) is 21.7. The Morgan fingerprint density at radius 3 is 2.06 bits per heavy atom. The highest BCUT2D eigenvalue weighted by molar-refractivity contribution is 5.14. The topological polar surface area (TPSA) is 77.4 Å². The van der Waals surface area contributed by atoms with Gasteiger partial charge in [-0.2, -0.15) is 0 Å². The molecule has 0 heterocycles. The van der Waals surface area contributed by atoms with Crippen molar-refractivity contribution in [2.45, 2.75) is 84.6 Å². The summed E-state index contributed by atoms with van der Waals surface area (Å²) in [5, 5.41) is 20.8. The van der Waals surface area contributed by atoms with Gasteiger partial charge in [0.25, 0.3) is 0 Å². The summed E-state index contributed by atoms with van der Waals surface area (Å²) < 4.78 is 21.5. The molecule has 6 nitrogen and oxygen atoms in total. The molecule has 0 radical (unpaired) electrons. The minimum atomic E-state index is -0.975. The molecule has 1 aliphatic rings. The van der Waals surface area contributed by atoms with Gasteiger partial charge in [0.05, 0.1) is 18.3 Å². The zero-order chi connectivity index (χ0) is 24.4. The van der Waals surface area contributed by atoms with E-state index < -0.39 is 12.4 Å². The average molecular weight is 457 g/mol. The van der Waals surface area contributed by atoms with Crippen LogP contribution in [0.5, 0.6) is 0 Å². The van der Waals surface area contributed by atoms with E-state index in [1.165, 1.54) is 7.11 Å². The number of allylic oxidation sites excluding steroid dienone is 2. The lowest BCUT2D eigenvalue weighted by atomic mass is 9.91. The number of hydrogen-bond donors (Lipinski definition) is 2. The molecule has 32 heavy (non-hydrogen) atoms. The van der Waals surface area contributed by atoms with Crippen molar-refractivity contribution in [3.63, 3.8) is 0 Å². The smallest absolute Gasteiger partial charge is 0.180 e. The number of hydrogen-bond acceptors (Lipinski definition) is 6. The second-order valence-electron chi connectivity index (χ2n) is 9.50. The van der Waals surface area contributed by atoms with Gasteiger partial charge in [0.1, 0.15) is 6.10 Å². The predicted molar refractivity (Wildman–Crippen MR) is 128 cm³/mol. The molecular formula is C26H48O6. The van der Waals surface area contributed by atoms with Crippen molar-refractivity contribution in [3.05, 3.63) is 23.8 Å². The molecule has 188 valence electrons. The Bertz CT molecular complexity index is 573. The molecule has 0 aliphatic heterocycles. The van der Waals surface area contributed by atoms with Crippen molar-refractivity contribution in [2.75, 3.05) is 28.4 Å². The van der Waals surface area contributed by atoms with E-state index in [4.69, 9.17) is 18.9 Å². The quantitative estimate of drug-likeness (QED) is 0.268. The fourth-order valence-electron chi connectivity index (χ4n) is 5.18. The van der Waals surface area contributed by atoms with Gasteiger partial charge in [-0.15, -0.1) is 0 Å². The summed E-state index contributed by atoms with van der Waals surface area (Å²) >= 11 is 0. The Balaban J connectivity index is 2.62. The molecule has 1 saturated carbocycles. The number of aliphatic hydroxyl groups excluding tert-OH is 2. The van der Waals surface area contributed by atoms with Gasteiger partial charge in [-0.05, 0) is 43.4 Å². The zero-order valence-electron chi connectivity index (χ0n) is 21.7. The fraction of sp³-hybridized carbons (Fsp3) is 0.846. The summed E-state index contributed by atoms with van der Waals surface area (Å²) in [6.07, 6.45) is 6.86. The first kappa shape index (κ1) is 29.3. The van der Waals surface area contributed by atoms with Crippen LogP contribution in [0.1, 0.15) is 53.9 Å². The van der Waals surface area contributed by atoms with E-state index in [1.807, 2.05) is 6.08 Å². The van der Waals surface area contributed by atoms with E-state index in [9.17, 15) is 10.2 Å². The van der Waals surface area contributed by atoms with Crippen LogP contribution >= 0.6 is 0 Å². The van der Waals surface area contributed by atoms with E-state index in [-0.39, 0.29) is 24.2 Å². The molecule has 1 aliphatic carbocycles. The molecule has 1 rings (SSSR count). The number of rotatable bonds is 16. The average Bonchev–Trinajstić information content (AvgIpc) is 3.46. The third-order valence-corrected chi connectivity index (χ3v) is 7.39. The molecule has 9 unspecified atom stereocenters. The second kappa shape index (κ2) is 14.5. The third kappa shape index (κ3) is 8.23. The first-order valence-electron chi connectivity index (χ1n) is 12.0. The first-order valence-corrected chi connectivity index (χ1v) is 12.0. The Morgan fingerprint density at radius 1 is 0.938 bits per heavy atom. The number of ether oxygens (including phenoxy) is 4. The SMILES string of the molecule is CCC(OC)C(C)C1C(C(O)C(C)/C=C/C=C(\C)CC(CC(OC)C(O)OC)OC)[C@@H]1C. The van der Waals surface area contributed by atoms with Crippen LogP contribution in [-0.4, -0.2) is 69.4 Å². The summed E-state index contributed by atoms with van der Waals surface area (Å²) in [4.78, 5) is 0. The standard InChI is InChI=1S/C26H48O6/c1-10-21(30-7)18(4)23-19(5)24(23)25(27)17(3)13-11-12-16(2)14-20(29-6)15-22(31-8)26(28)32-9/h11-13,17-28H,10,14-15H2,1-9H3/b13-11+,16-12+/t17?,18?,19-,20?,21?,22?,23?,24?,25?,26?/m1/s1. The molecular weight excluding hydrogens is 408 g/mol. The lowest BCUT2D eigenvalue weighted by molar-refractivity contribution is -0.164. The summed E-state index contributed by atoms with van der Waals surface area (Å²) in [6, 6.07) is 0. The molecule has 6 heteroatoms. The molecule has 2 N–H and O–H groups in total. The van der Waals surface area contributed by atoms with Crippen LogP contribution in [0.4, 0.5) is 0 Å². The van der Waals surface area contributed by atoms with Crippen molar-refractivity contribution >= 4 is 0 Å². The lowest BCUT2D eigenvalue weighted by Crippen LogP contribution is -2.33. The molecule has 0 amide bonds. The summed E-state index contributed by atoms with van der Waals surface area (Å²) in [5.41, 5.74) is 1.16. The molecule has 10 atom stereocenters. The van der Waals surface area contributed by atoms with Crippen molar-refractivity contribution in [3.8, 4) is 0 Å². The van der Waals surface area contributed by atoms with Gasteiger partial charge in [-0.3, -0.25) is 0 Å². The van der Waals surface area contributed by atoms with Gasteiger partial charge < -0.3 is 29.2 Å². The van der Waals surface area contributed by atoms with Crippen LogP contribution in [0.25, 0.3) is 0 Å². The molecule has 0 aromatic carbocycles. The predicted octanol–water partition coefficient (Wildman–Crippen LogP) is 4.20. The van der Waals surface area contributed by atoms with E-state index >= 15 is 0 Å². The van der Waals surface area contributed by atoms with Gasteiger partial charge >= 0.3 is 0 Å². The van der Waals surface area contributed by atoms with E-state index in [1.54, 1.807) is 21.3 Å². The molecule has 0 aromatic rings. The summed E-state index contributed by atoms with van der Waals surface area (Å²) in [5.74, 6) is 1.91. The van der Waals surface area contributed by atoms with E-state index in [0.717, 1.165) is 18.4 Å². The third-order valence-electron chi connectivity index (χ3n) is 7.39. The van der Waals surface area contributed by atoms with Gasteiger partial charge in [-0.25, -0.2) is 0 Å². The summed E-state index contributed by atoms with van der Waals surface area (Å²) in [6.45, 7) is 10.8. The first-order chi connectivity index (χ1) is 15.2. The molecule has 0 spiro atoms. The van der Waals surface area contributed by atoms with Gasteiger partial charge in [0, 0.05) is 40.8 Å². The maximum Gasteiger partial charge on any atom is 0.180 e. The van der Waals surface area contributed by atoms with Gasteiger partial charge in [0.15, 0.2) is 6.29 Å². The Morgan fingerprint density at radius 2 is 1.56 bits per heavy atom. The fourth-order valence-corrected chi connectivity index (χ4v) is 5.18. The van der Waals surface area contributed by atoms with Crippen molar-refractivity contribution in [2.24, 2.45) is 29.6 Å². The Kier molecular flexibility index (Phi) is 13.3. The summed E-state index contributed by atoms with van der Waals surface area (Å²) in [7, 11) is 6.46. The van der Waals surface area contributed by atoms with Crippen molar-refractivity contribution in [1.82, 2.24) is 0 Å². The highest BCUT2D eigenvalue weighted by Crippen LogP contribution is 2.55. The van der Waals surface area contributed by atoms with Crippen LogP contribution in [0.3, 0.4) is 0 Å². The molecule has 0 bridgehead atoms. The van der Waals surface area contributed by atoms with Gasteiger partial charge in [0.2, 0.25) is 0 Å². The Labute approximate surface area is 196 Å². The van der Waals surface area contributed by atoms with Crippen LogP contribution in [0, 0.1) is 29.6 Å². The van der Waals surface area contributed by atoms with E-state index in [0.29, 0.717) is 30.1 Å². The molecule has 0 aromatic heterocycles. The van der Waals surface area contributed by atoms with Crippen LogP contribution < -0.4 is 0 Å². The minimum absolute atomic E-state index is 0.0827. The minimum Gasteiger partial charge on any atom is -0.392 e. The van der Waals surface area contributed by atoms with Crippen LogP contribution in [0.15, 0.2) is 23.8 Å². The monoisotopic (exact) mass is 456 g/mol. The normalized spacial score (nSPS) is 28.2. The molecule has 1 fully saturated rings. The highest BCUT2D eigenvalue weighted by Gasteiger charge is 2.55. The highest BCUT2D eigenvalue weighted by atomic mass is 16.6. The Hall–Kier alpha value is -0.760. The number of aliphatic hydroxyl groups is 2. The van der Waals surface area contributed by atoms with E-state index in [2.05, 4.69) is 46.8 Å². The maximum atomic E-state index is 10.9. The van der Waals surface area contributed by atoms with Crippen molar-refractivity contribution in [1.29, 1.82) is 0 Å². The number of methoxy groups -OCH3 is 4. The molecule has 0 saturated heterocycles. The largest absolute Gasteiger partial charge is 0.392 e. The second-order valence-corrected chi connectivity index (χ2v) is 9.50. The van der Waals surface area contributed by atoms with Gasteiger partial charge in [-0.1, -0.05) is 51.5 Å². The van der Waals surface area contributed by atoms with Crippen LogP contribution in [0.2, 0.25) is 0 Å². The van der Waals surface area contributed by atoms with Crippen molar-refractivity contribution < 1.29 is 29.2 Å².